The van der Waals surface area contributed by atoms with Gasteiger partial charge in [-0.25, -0.2) is 19.4 Å². The molecule has 2 fully saturated rings. The van der Waals surface area contributed by atoms with Crippen LogP contribution in [0.4, 0.5) is 39.5 Å². The first-order valence-electron chi connectivity index (χ1n) is 13.3. The van der Waals surface area contributed by atoms with Crippen LogP contribution >= 0.6 is 0 Å². The lowest BCUT2D eigenvalue weighted by molar-refractivity contribution is -0.193. The number of likely N-dealkylation sites (tertiary alicyclic amines) is 1. The molecule has 1 unspecified atom stereocenters. The van der Waals surface area contributed by atoms with E-state index in [0.717, 1.165) is 51.3 Å². The summed E-state index contributed by atoms with van der Waals surface area (Å²) in [5.41, 5.74) is 2.31. The Balaban J connectivity index is 0.000000448. The topological polar surface area (TPSA) is 169 Å². The van der Waals surface area contributed by atoms with E-state index >= 15 is 0 Å². The highest BCUT2D eigenvalue weighted by atomic mass is 19.4. The van der Waals surface area contributed by atoms with Gasteiger partial charge in [0.2, 0.25) is 5.88 Å². The highest BCUT2D eigenvalue weighted by Crippen LogP contribution is 2.42. The van der Waals surface area contributed by atoms with E-state index in [2.05, 4.69) is 20.9 Å². The predicted octanol–water partition coefficient (Wildman–Crippen LogP) is 4.58. The molecule has 2 aliphatic heterocycles. The van der Waals surface area contributed by atoms with Crippen molar-refractivity contribution < 1.29 is 83.4 Å². The molecule has 270 valence electrons. The van der Waals surface area contributed by atoms with Gasteiger partial charge in [-0.15, -0.1) is 0 Å². The molecule has 4 rings (SSSR count). The van der Waals surface area contributed by atoms with Crippen molar-refractivity contribution in [1.29, 1.82) is 0 Å². The molecule has 4 heterocycles. The lowest BCUT2D eigenvalue weighted by Crippen LogP contribution is -2.64. The molecule has 0 aliphatic carbocycles. The standard InChI is InChI=1S/C21H27N3O3.3C2HF3O2/c1-25-20-18(3-2-8-23-20)13-24-15-21(16-24)19(7-12-27-21)6-11-26-14-17-4-9-22-10-5-17;3*3-2(4,5)1(6)7/h2-5,8-10,19H,6-7,11-16H2,1H3;3*(H,6,7). The first-order chi connectivity index (χ1) is 22.1. The molecule has 0 saturated carbocycles. The van der Waals surface area contributed by atoms with E-state index in [4.69, 9.17) is 43.9 Å². The van der Waals surface area contributed by atoms with Crippen LogP contribution in [0.2, 0.25) is 0 Å². The van der Waals surface area contributed by atoms with E-state index < -0.39 is 36.4 Å². The zero-order valence-electron chi connectivity index (χ0n) is 24.8. The summed E-state index contributed by atoms with van der Waals surface area (Å²) < 4.78 is 113. The third-order valence-electron chi connectivity index (χ3n) is 6.38. The van der Waals surface area contributed by atoms with Crippen molar-refractivity contribution in [1.82, 2.24) is 14.9 Å². The number of aromatic nitrogens is 2. The van der Waals surface area contributed by atoms with Crippen molar-refractivity contribution in [3.8, 4) is 5.88 Å². The van der Waals surface area contributed by atoms with E-state index in [1.54, 1.807) is 25.7 Å². The summed E-state index contributed by atoms with van der Waals surface area (Å²) >= 11 is 0. The fourth-order valence-electron chi connectivity index (χ4n) is 4.23. The average Bonchev–Trinajstić information content (AvgIpc) is 3.39. The SMILES string of the molecule is COc1ncccc1CN1CC2(C1)OCCC2CCOCc1ccncc1.O=C(O)C(F)(F)F.O=C(O)C(F)(F)F.O=C(O)C(F)(F)F. The zero-order valence-corrected chi connectivity index (χ0v) is 24.8. The molecule has 0 amide bonds. The number of halogens is 9. The summed E-state index contributed by atoms with van der Waals surface area (Å²) in [5, 5.41) is 21.4. The minimum atomic E-state index is -5.08. The molecular weight excluding hydrogens is 681 g/mol. The van der Waals surface area contributed by atoms with E-state index in [-0.39, 0.29) is 5.60 Å². The van der Waals surface area contributed by atoms with Gasteiger partial charge in [-0.1, -0.05) is 6.07 Å². The number of rotatable bonds is 8. The zero-order chi connectivity index (χ0) is 36.8. The number of hydrogen-bond donors (Lipinski definition) is 3. The third-order valence-corrected chi connectivity index (χ3v) is 6.38. The third kappa shape index (κ3) is 14.7. The lowest BCUT2D eigenvalue weighted by atomic mass is 9.79. The molecule has 2 aliphatic rings. The van der Waals surface area contributed by atoms with Crippen molar-refractivity contribution in [2.24, 2.45) is 5.92 Å². The number of pyridine rings is 2. The molecule has 12 nitrogen and oxygen atoms in total. The van der Waals surface area contributed by atoms with Gasteiger partial charge in [0.25, 0.3) is 0 Å². The number of methoxy groups -OCH3 is 1. The Morgan fingerprint density at radius 2 is 1.40 bits per heavy atom. The van der Waals surface area contributed by atoms with Gasteiger partial charge in [0.15, 0.2) is 0 Å². The Kier molecular flexibility index (Phi) is 16.0. The number of carboxylic acids is 3. The number of carbonyl (C=O) groups is 3. The van der Waals surface area contributed by atoms with Crippen LogP contribution in [-0.4, -0.2) is 106 Å². The molecule has 0 bridgehead atoms. The maximum Gasteiger partial charge on any atom is 0.490 e. The monoisotopic (exact) mass is 711 g/mol. The Bertz CT molecular complexity index is 1250. The van der Waals surface area contributed by atoms with Crippen molar-refractivity contribution >= 4 is 17.9 Å². The average molecular weight is 712 g/mol. The van der Waals surface area contributed by atoms with Crippen LogP contribution in [-0.2, 0) is 37.0 Å². The van der Waals surface area contributed by atoms with Crippen molar-refractivity contribution in [3.63, 3.8) is 0 Å². The van der Waals surface area contributed by atoms with Crippen LogP contribution in [0.25, 0.3) is 0 Å². The first-order valence-corrected chi connectivity index (χ1v) is 13.3. The molecule has 0 radical (unpaired) electrons. The van der Waals surface area contributed by atoms with Crippen molar-refractivity contribution in [2.45, 2.75) is 50.1 Å². The number of alkyl halides is 9. The predicted molar refractivity (Wildman–Crippen MR) is 142 cm³/mol. The summed E-state index contributed by atoms with van der Waals surface area (Å²) in [6, 6.07) is 8.03. The largest absolute Gasteiger partial charge is 0.490 e. The molecule has 2 aromatic rings. The summed E-state index contributed by atoms with van der Waals surface area (Å²) in [4.78, 5) is 37.4. The van der Waals surface area contributed by atoms with Crippen LogP contribution < -0.4 is 4.74 Å². The summed E-state index contributed by atoms with van der Waals surface area (Å²) in [6.45, 7) is 5.08. The minimum Gasteiger partial charge on any atom is -0.481 e. The van der Waals surface area contributed by atoms with Crippen LogP contribution in [0.15, 0.2) is 42.9 Å². The number of hydrogen-bond acceptors (Lipinski definition) is 9. The van der Waals surface area contributed by atoms with Crippen LogP contribution in [0.1, 0.15) is 24.0 Å². The number of aliphatic carboxylic acids is 3. The minimum absolute atomic E-state index is 0.00940. The van der Waals surface area contributed by atoms with Gasteiger partial charge in [-0.2, -0.15) is 39.5 Å². The van der Waals surface area contributed by atoms with Gasteiger partial charge in [0, 0.05) is 57.0 Å². The maximum atomic E-state index is 10.6. The van der Waals surface area contributed by atoms with Gasteiger partial charge < -0.3 is 29.5 Å². The van der Waals surface area contributed by atoms with Crippen LogP contribution in [0.5, 0.6) is 5.88 Å². The van der Waals surface area contributed by atoms with Gasteiger partial charge in [-0.3, -0.25) is 9.88 Å². The molecule has 2 saturated heterocycles. The quantitative estimate of drug-likeness (QED) is 0.258. The van der Waals surface area contributed by atoms with Crippen LogP contribution in [0, 0.1) is 5.92 Å². The van der Waals surface area contributed by atoms with Gasteiger partial charge >= 0.3 is 36.4 Å². The molecule has 1 atom stereocenters. The Morgan fingerprint density at radius 3 is 1.85 bits per heavy atom. The number of nitrogens with zero attached hydrogens (tertiary/aromatic N) is 3. The highest BCUT2D eigenvalue weighted by molar-refractivity contribution is 5.73. The number of ether oxygens (including phenoxy) is 3. The lowest BCUT2D eigenvalue weighted by Gasteiger charge is -2.50. The summed E-state index contributed by atoms with van der Waals surface area (Å²) in [5.74, 6) is -6.98. The molecule has 1 spiro atoms. The van der Waals surface area contributed by atoms with E-state index in [1.165, 1.54) is 5.56 Å². The van der Waals surface area contributed by atoms with E-state index in [9.17, 15) is 39.5 Å². The maximum absolute atomic E-state index is 10.6. The molecule has 3 N–H and O–H groups in total. The summed E-state index contributed by atoms with van der Waals surface area (Å²) in [7, 11) is 1.67. The smallest absolute Gasteiger partial charge is 0.481 e. The Morgan fingerprint density at radius 1 is 0.896 bits per heavy atom. The number of carboxylic acid groups (broad SMARTS) is 3. The fraction of sp³-hybridized carbons (Fsp3) is 0.519. The molecule has 48 heavy (non-hydrogen) atoms. The van der Waals surface area contributed by atoms with E-state index in [0.29, 0.717) is 18.4 Å². The van der Waals surface area contributed by atoms with Gasteiger partial charge in [0.05, 0.1) is 19.3 Å². The highest BCUT2D eigenvalue weighted by Gasteiger charge is 2.52. The second kappa shape index (κ2) is 18.3. The molecule has 21 heteroatoms. The van der Waals surface area contributed by atoms with Crippen molar-refractivity contribution in [3.05, 3.63) is 54.0 Å². The molecule has 0 aromatic carbocycles. The first kappa shape index (κ1) is 41.8. The second-order valence-corrected chi connectivity index (χ2v) is 9.82. The molecule has 2 aromatic heterocycles. The molecular formula is C27H30F9N3O9. The Labute approximate surface area is 266 Å². The second-order valence-electron chi connectivity index (χ2n) is 9.82. The van der Waals surface area contributed by atoms with Gasteiger partial charge in [0.1, 0.15) is 0 Å². The Hall–Kier alpha value is -4.24. The van der Waals surface area contributed by atoms with Crippen molar-refractivity contribution in [2.75, 3.05) is 33.4 Å². The van der Waals surface area contributed by atoms with Crippen LogP contribution in [0.3, 0.4) is 0 Å². The van der Waals surface area contributed by atoms with E-state index in [1.807, 2.05) is 18.2 Å². The fourth-order valence-corrected chi connectivity index (χ4v) is 4.23. The summed E-state index contributed by atoms with van der Waals surface area (Å²) in [6.07, 6.45) is -7.70. The normalized spacial score (nSPS) is 16.9. The van der Waals surface area contributed by atoms with Gasteiger partial charge in [-0.05, 0) is 42.5 Å².